The molecule has 0 aromatic heterocycles. The van der Waals surface area contributed by atoms with Crippen LogP contribution in [0.25, 0.3) is 0 Å². The monoisotopic (exact) mass is 285 g/mol. The van der Waals surface area contributed by atoms with Crippen LogP contribution in [-0.4, -0.2) is 59.0 Å². The van der Waals surface area contributed by atoms with E-state index in [2.05, 4.69) is 16.7 Å². The minimum atomic E-state index is 0.172. The first kappa shape index (κ1) is 14.2. The summed E-state index contributed by atoms with van der Waals surface area (Å²) in [5, 5.41) is 9.36. The summed E-state index contributed by atoms with van der Waals surface area (Å²) in [6.07, 6.45) is 8.85. The van der Waals surface area contributed by atoms with E-state index in [0.717, 1.165) is 25.6 Å². The summed E-state index contributed by atoms with van der Waals surface area (Å²) in [5.41, 5.74) is 0.172. The van der Waals surface area contributed by atoms with Gasteiger partial charge in [0.05, 0.1) is 12.2 Å². The molecule has 19 heavy (non-hydrogen) atoms. The highest BCUT2D eigenvalue weighted by Crippen LogP contribution is 2.40. The Labute approximate surface area is 121 Å². The van der Waals surface area contributed by atoms with Crippen molar-refractivity contribution < 1.29 is 9.84 Å². The minimum Gasteiger partial charge on any atom is -0.395 e. The molecular weight excluding hydrogens is 258 g/mol. The molecule has 4 heteroatoms. The van der Waals surface area contributed by atoms with Gasteiger partial charge in [-0.25, -0.2) is 0 Å². The predicted octanol–water partition coefficient (Wildman–Crippen LogP) is 2.28. The maximum Gasteiger partial charge on any atom is 0.0713 e. The van der Waals surface area contributed by atoms with Crippen molar-refractivity contribution in [1.29, 1.82) is 0 Å². The van der Waals surface area contributed by atoms with E-state index in [-0.39, 0.29) is 5.60 Å². The molecule has 0 aromatic carbocycles. The standard InChI is InChI=1S/C15H27NO2S/c17-8-7-16(13-2-1-3-13)14-4-9-18-15(12-14)5-10-19-11-6-15/h13-14,17H,1-12H2. The molecular formula is C15H27NO2S. The van der Waals surface area contributed by atoms with Crippen LogP contribution in [0.15, 0.2) is 0 Å². The summed E-state index contributed by atoms with van der Waals surface area (Å²) in [6, 6.07) is 1.39. The first-order valence-corrected chi connectivity index (χ1v) is 9.07. The van der Waals surface area contributed by atoms with Crippen molar-refractivity contribution in [2.45, 2.75) is 62.6 Å². The lowest BCUT2D eigenvalue weighted by Gasteiger charge is -2.50. The van der Waals surface area contributed by atoms with Crippen LogP contribution in [0.4, 0.5) is 0 Å². The topological polar surface area (TPSA) is 32.7 Å². The number of aliphatic hydroxyl groups is 1. The van der Waals surface area contributed by atoms with E-state index in [1.165, 1.54) is 50.0 Å². The van der Waals surface area contributed by atoms with E-state index < -0.39 is 0 Å². The molecule has 1 spiro atoms. The molecule has 110 valence electrons. The van der Waals surface area contributed by atoms with Gasteiger partial charge in [-0.15, -0.1) is 0 Å². The lowest BCUT2D eigenvalue weighted by Crippen LogP contribution is -2.55. The number of rotatable bonds is 4. The molecule has 3 aliphatic rings. The fourth-order valence-corrected chi connectivity index (χ4v) is 5.11. The number of hydrogen-bond donors (Lipinski definition) is 1. The van der Waals surface area contributed by atoms with Crippen molar-refractivity contribution in [2.75, 3.05) is 31.3 Å². The summed E-state index contributed by atoms with van der Waals surface area (Å²) >= 11 is 2.07. The van der Waals surface area contributed by atoms with Gasteiger partial charge in [-0.05, 0) is 50.0 Å². The largest absolute Gasteiger partial charge is 0.395 e. The lowest BCUT2D eigenvalue weighted by molar-refractivity contribution is -0.120. The van der Waals surface area contributed by atoms with Gasteiger partial charge in [0.2, 0.25) is 0 Å². The molecule has 3 fully saturated rings. The number of thioether (sulfide) groups is 1. The van der Waals surface area contributed by atoms with Crippen LogP contribution in [0.5, 0.6) is 0 Å². The molecule has 1 N–H and O–H groups in total. The van der Waals surface area contributed by atoms with Gasteiger partial charge in [0.25, 0.3) is 0 Å². The molecule has 0 aromatic rings. The Morgan fingerprint density at radius 2 is 1.95 bits per heavy atom. The Kier molecular flexibility index (Phi) is 4.73. The maximum absolute atomic E-state index is 9.36. The summed E-state index contributed by atoms with van der Waals surface area (Å²) in [6.45, 7) is 2.08. The SMILES string of the molecule is OCCN(C1CCC1)C1CCOC2(CCSCC2)C1. The zero-order chi connectivity index (χ0) is 13.1. The van der Waals surface area contributed by atoms with Gasteiger partial charge in [-0.2, -0.15) is 11.8 Å². The highest BCUT2D eigenvalue weighted by molar-refractivity contribution is 7.99. The fraction of sp³-hybridized carbons (Fsp3) is 1.00. The van der Waals surface area contributed by atoms with Crippen LogP contribution < -0.4 is 0 Å². The second-order valence-electron chi connectivity index (χ2n) is 6.34. The summed E-state index contributed by atoms with van der Waals surface area (Å²) in [7, 11) is 0. The predicted molar refractivity (Wildman–Crippen MR) is 79.7 cm³/mol. The Morgan fingerprint density at radius 1 is 1.16 bits per heavy atom. The molecule has 0 radical (unpaired) electrons. The van der Waals surface area contributed by atoms with Gasteiger partial charge < -0.3 is 9.84 Å². The third-order valence-electron chi connectivity index (χ3n) is 5.24. The quantitative estimate of drug-likeness (QED) is 0.859. The molecule has 1 saturated carbocycles. The second-order valence-corrected chi connectivity index (χ2v) is 7.56. The Balaban J connectivity index is 1.64. The highest BCUT2D eigenvalue weighted by Gasteiger charge is 2.42. The molecule has 3 nitrogen and oxygen atoms in total. The molecule has 3 rings (SSSR count). The van der Waals surface area contributed by atoms with E-state index >= 15 is 0 Å². The van der Waals surface area contributed by atoms with Crippen molar-refractivity contribution >= 4 is 11.8 Å². The normalized spacial score (nSPS) is 31.6. The van der Waals surface area contributed by atoms with E-state index in [0.29, 0.717) is 12.6 Å². The van der Waals surface area contributed by atoms with Crippen LogP contribution in [0.3, 0.4) is 0 Å². The van der Waals surface area contributed by atoms with Crippen LogP contribution in [0.2, 0.25) is 0 Å². The average Bonchev–Trinajstić information content (AvgIpc) is 2.37. The van der Waals surface area contributed by atoms with Crippen LogP contribution in [-0.2, 0) is 4.74 Å². The molecule has 1 aliphatic carbocycles. The van der Waals surface area contributed by atoms with Gasteiger partial charge in [0.1, 0.15) is 0 Å². The van der Waals surface area contributed by atoms with Crippen molar-refractivity contribution in [1.82, 2.24) is 4.90 Å². The van der Waals surface area contributed by atoms with Gasteiger partial charge in [-0.3, -0.25) is 4.90 Å². The molecule has 2 heterocycles. The summed E-state index contributed by atoms with van der Waals surface area (Å²) in [4.78, 5) is 2.61. The molecule has 2 saturated heterocycles. The van der Waals surface area contributed by atoms with Gasteiger partial charge >= 0.3 is 0 Å². The maximum atomic E-state index is 9.36. The Morgan fingerprint density at radius 3 is 2.58 bits per heavy atom. The number of aliphatic hydroxyl groups excluding tert-OH is 1. The first-order chi connectivity index (χ1) is 9.33. The summed E-state index contributed by atoms with van der Waals surface area (Å²) < 4.78 is 6.19. The summed E-state index contributed by atoms with van der Waals surface area (Å²) in [5.74, 6) is 2.52. The third kappa shape index (κ3) is 3.12. The highest BCUT2D eigenvalue weighted by atomic mass is 32.2. The van der Waals surface area contributed by atoms with E-state index in [4.69, 9.17) is 4.74 Å². The van der Waals surface area contributed by atoms with E-state index in [1.807, 2.05) is 0 Å². The van der Waals surface area contributed by atoms with E-state index in [1.54, 1.807) is 0 Å². The zero-order valence-corrected chi connectivity index (χ0v) is 12.7. The van der Waals surface area contributed by atoms with Crippen molar-refractivity contribution in [2.24, 2.45) is 0 Å². The molecule has 2 aliphatic heterocycles. The Bertz CT molecular complexity index is 284. The zero-order valence-electron chi connectivity index (χ0n) is 11.9. The van der Waals surface area contributed by atoms with E-state index in [9.17, 15) is 5.11 Å². The van der Waals surface area contributed by atoms with Crippen LogP contribution in [0.1, 0.15) is 44.9 Å². The average molecular weight is 285 g/mol. The van der Waals surface area contributed by atoms with Crippen LogP contribution in [0, 0.1) is 0 Å². The van der Waals surface area contributed by atoms with Gasteiger partial charge in [0, 0.05) is 25.2 Å². The number of nitrogens with zero attached hydrogens (tertiary/aromatic N) is 1. The minimum absolute atomic E-state index is 0.172. The molecule has 1 unspecified atom stereocenters. The van der Waals surface area contributed by atoms with Crippen LogP contribution >= 0.6 is 11.8 Å². The third-order valence-corrected chi connectivity index (χ3v) is 6.23. The van der Waals surface area contributed by atoms with Crippen molar-refractivity contribution in [3.8, 4) is 0 Å². The number of ether oxygens (including phenoxy) is 1. The lowest BCUT2D eigenvalue weighted by atomic mass is 9.82. The number of hydrogen-bond acceptors (Lipinski definition) is 4. The second kappa shape index (κ2) is 6.33. The van der Waals surface area contributed by atoms with Crippen molar-refractivity contribution in [3.05, 3.63) is 0 Å². The molecule has 1 atom stereocenters. The molecule has 0 bridgehead atoms. The van der Waals surface area contributed by atoms with Gasteiger partial charge in [0.15, 0.2) is 0 Å². The molecule has 0 amide bonds. The van der Waals surface area contributed by atoms with Crippen molar-refractivity contribution in [3.63, 3.8) is 0 Å². The smallest absolute Gasteiger partial charge is 0.0713 e. The fourth-order valence-electron chi connectivity index (χ4n) is 3.87. The Hall–Kier alpha value is 0.230. The van der Waals surface area contributed by atoms with Gasteiger partial charge in [-0.1, -0.05) is 6.42 Å². The first-order valence-electron chi connectivity index (χ1n) is 7.91.